The fraction of sp³-hybridized carbons (Fsp3) is 0.333. The molecule has 0 bridgehead atoms. The Morgan fingerprint density at radius 2 is 2.57 bits per heavy atom. The summed E-state index contributed by atoms with van der Waals surface area (Å²) in [7, 11) is 1.66. The van der Waals surface area contributed by atoms with Crippen molar-refractivity contribution in [1.29, 1.82) is 0 Å². The highest BCUT2D eigenvalue weighted by Crippen LogP contribution is 1.90. The van der Waals surface area contributed by atoms with Gasteiger partial charge in [0.05, 0.1) is 5.03 Å². The smallest absolute Gasteiger partial charge is 0.101 e. The van der Waals surface area contributed by atoms with Gasteiger partial charge in [0.15, 0.2) is 0 Å². The standard InChI is InChI=1S/C3H6N2OS/c1-4-3(7)2-5-6/h2,4,7H,1H3/b3-2+. The van der Waals surface area contributed by atoms with E-state index in [1.165, 1.54) is 0 Å². The average molecular weight is 118 g/mol. The second kappa shape index (κ2) is 3.67. The van der Waals surface area contributed by atoms with E-state index < -0.39 is 0 Å². The van der Waals surface area contributed by atoms with Crippen molar-refractivity contribution >= 4 is 12.6 Å². The number of rotatable bonds is 2. The SMILES string of the molecule is CN/C(S)=C\N=O. The molecule has 0 radical (unpaired) electrons. The van der Waals surface area contributed by atoms with E-state index in [-0.39, 0.29) is 0 Å². The number of nitrogens with one attached hydrogen (secondary N) is 1. The Hall–Kier alpha value is -0.510. The van der Waals surface area contributed by atoms with Gasteiger partial charge in [-0.15, -0.1) is 17.5 Å². The highest BCUT2D eigenvalue weighted by Gasteiger charge is 1.76. The van der Waals surface area contributed by atoms with Crippen LogP contribution >= 0.6 is 12.6 Å². The van der Waals surface area contributed by atoms with Crippen LogP contribution in [0.5, 0.6) is 0 Å². The summed E-state index contributed by atoms with van der Waals surface area (Å²) >= 11 is 3.77. The van der Waals surface area contributed by atoms with Crippen LogP contribution in [0.3, 0.4) is 0 Å². The van der Waals surface area contributed by atoms with E-state index in [9.17, 15) is 4.91 Å². The summed E-state index contributed by atoms with van der Waals surface area (Å²) in [6.07, 6.45) is 1.09. The molecule has 0 amide bonds. The molecular formula is C3H6N2OS. The van der Waals surface area contributed by atoms with Crippen molar-refractivity contribution in [2.45, 2.75) is 0 Å². The minimum Gasteiger partial charge on any atom is -0.382 e. The molecule has 0 unspecified atom stereocenters. The molecular weight excluding hydrogens is 112 g/mol. The summed E-state index contributed by atoms with van der Waals surface area (Å²) in [6, 6.07) is 0. The molecule has 40 valence electrons. The van der Waals surface area contributed by atoms with Crippen LogP contribution in [0.15, 0.2) is 16.4 Å². The summed E-state index contributed by atoms with van der Waals surface area (Å²) in [5.41, 5.74) is 0. The van der Waals surface area contributed by atoms with Crippen molar-refractivity contribution in [3.63, 3.8) is 0 Å². The van der Waals surface area contributed by atoms with Gasteiger partial charge < -0.3 is 5.32 Å². The first kappa shape index (κ1) is 6.49. The van der Waals surface area contributed by atoms with Gasteiger partial charge in [-0.05, 0) is 5.18 Å². The van der Waals surface area contributed by atoms with Gasteiger partial charge in [-0.2, -0.15) is 0 Å². The number of nitroso groups, excluding NO2 is 1. The average Bonchev–Trinajstić information content (AvgIpc) is 1.68. The van der Waals surface area contributed by atoms with Crippen molar-refractivity contribution in [3.8, 4) is 0 Å². The highest BCUT2D eigenvalue weighted by molar-refractivity contribution is 7.84. The van der Waals surface area contributed by atoms with Gasteiger partial charge in [0.1, 0.15) is 6.20 Å². The normalized spacial score (nSPS) is 10.9. The molecule has 0 fully saturated rings. The van der Waals surface area contributed by atoms with Crippen LogP contribution in [0.2, 0.25) is 0 Å². The third kappa shape index (κ3) is 3.32. The van der Waals surface area contributed by atoms with Crippen molar-refractivity contribution in [2.75, 3.05) is 7.05 Å². The molecule has 0 rings (SSSR count). The van der Waals surface area contributed by atoms with Crippen LogP contribution in [0.4, 0.5) is 0 Å². The molecule has 0 saturated heterocycles. The minimum atomic E-state index is 0.468. The Balaban J connectivity index is 3.49. The fourth-order valence-electron chi connectivity index (χ4n) is 0.114. The van der Waals surface area contributed by atoms with E-state index >= 15 is 0 Å². The topological polar surface area (TPSA) is 41.5 Å². The largest absolute Gasteiger partial charge is 0.382 e. The van der Waals surface area contributed by atoms with Crippen molar-refractivity contribution < 1.29 is 0 Å². The maximum Gasteiger partial charge on any atom is 0.101 e. The van der Waals surface area contributed by atoms with Gasteiger partial charge >= 0.3 is 0 Å². The van der Waals surface area contributed by atoms with Crippen molar-refractivity contribution in [1.82, 2.24) is 5.32 Å². The van der Waals surface area contributed by atoms with Gasteiger partial charge in [-0.1, -0.05) is 0 Å². The minimum absolute atomic E-state index is 0.468. The Kier molecular flexibility index (Phi) is 3.40. The molecule has 0 saturated carbocycles. The van der Waals surface area contributed by atoms with Crippen molar-refractivity contribution in [2.24, 2.45) is 5.18 Å². The lowest BCUT2D eigenvalue weighted by Crippen LogP contribution is -1.97. The molecule has 0 heterocycles. The maximum atomic E-state index is 9.36. The molecule has 0 atom stereocenters. The highest BCUT2D eigenvalue weighted by atomic mass is 32.1. The molecule has 0 aromatic carbocycles. The zero-order chi connectivity index (χ0) is 5.70. The fourth-order valence-corrected chi connectivity index (χ4v) is 0.162. The lowest BCUT2D eigenvalue weighted by Gasteiger charge is -1.88. The molecule has 7 heavy (non-hydrogen) atoms. The molecule has 0 aromatic heterocycles. The third-order valence-corrected chi connectivity index (χ3v) is 0.770. The zero-order valence-corrected chi connectivity index (χ0v) is 4.77. The second-order valence-corrected chi connectivity index (χ2v) is 1.35. The van der Waals surface area contributed by atoms with Gasteiger partial charge in [0, 0.05) is 7.05 Å². The van der Waals surface area contributed by atoms with Gasteiger partial charge in [-0.25, -0.2) is 0 Å². The predicted molar refractivity (Wildman–Crippen MR) is 31.9 cm³/mol. The van der Waals surface area contributed by atoms with Gasteiger partial charge in [0.2, 0.25) is 0 Å². The third-order valence-electron chi connectivity index (χ3n) is 0.431. The first-order valence-corrected chi connectivity index (χ1v) is 2.15. The Bertz CT molecular complexity index is 90.9. The first-order valence-electron chi connectivity index (χ1n) is 1.70. The number of nitrogens with zero attached hydrogens (tertiary/aromatic N) is 1. The summed E-state index contributed by atoms with van der Waals surface area (Å²) < 4.78 is 0. The molecule has 1 N–H and O–H groups in total. The van der Waals surface area contributed by atoms with E-state index in [0.717, 1.165) is 6.20 Å². The van der Waals surface area contributed by atoms with E-state index in [1.54, 1.807) is 7.05 Å². The summed E-state index contributed by atoms with van der Waals surface area (Å²) in [5, 5.41) is 5.52. The summed E-state index contributed by atoms with van der Waals surface area (Å²) in [5.74, 6) is 0. The lowest BCUT2D eigenvalue weighted by atomic mass is 10.9. The number of hydrogen-bond acceptors (Lipinski definition) is 4. The number of thiol groups is 1. The number of hydrogen-bond donors (Lipinski definition) is 2. The maximum absolute atomic E-state index is 9.36. The van der Waals surface area contributed by atoms with Gasteiger partial charge in [-0.3, -0.25) is 0 Å². The van der Waals surface area contributed by atoms with Crippen LogP contribution in [-0.4, -0.2) is 7.05 Å². The van der Waals surface area contributed by atoms with Crippen LogP contribution < -0.4 is 5.32 Å². The second-order valence-electron chi connectivity index (χ2n) is 0.870. The molecule has 0 aliphatic heterocycles. The monoisotopic (exact) mass is 118 g/mol. The van der Waals surface area contributed by atoms with Gasteiger partial charge in [0.25, 0.3) is 0 Å². The Morgan fingerprint density at radius 3 is 2.71 bits per heavy atom. The van der Waals surface area contributed by atoms with E-state index in [0.29, 0.717) is 5.03 Å². The van der Waals surface area contributed by atoms with E-state index in [4.69, 9.17) is 0 Å². The summed E-state index contributed by atoms with van der Waals surface area (Å²) in [4.78, 5) is 9.36. The summed E-state index contributed by atoms with van der Waals surface area (Å²) in [6.45, 7) is 0. The quantitative estimate of drug-likeness (QED) is 0.414. The Labute approximate surface area is 47.2 Å². The molecule has 0 aliphatic rings. The lowest BCUT2D eigenvalue weighted by molar-refractivity contribution is 1.07. The zero-order valence-electron chi connectivity index (χ0n) is 3.88. The van der Waals surface area contributed by atoms with Crippen LogP contribution in [0.25, 0.3) is 0 Å². The van der Waals surface area contributed by atoms with E-state index in [1.807, 2.05) is 0 Å². The molecule has 0 aromatic rings. The van der Waals surface area contributed by atoms with Crippen LogP contribution in [0.1, 0.15) is 0 Å². The molecule has 0 spiro atoms. The van der Waals surface area contributed by atoms with Crippen molar-refractivity contribution in [3.05, 3.63) is 16.1 Å². The first-order chi connectivity index (χ1) is 3.31. The van der Waals surface area contributed by atoms with Crippen LogP contribution in [0, 0.1) is 4.91 Å². The predicted octanol–water partition coefficient (Wildman–Crippen LogP) is 0.701. The molecule has 0 aliphatic carbocycles. The van der Waals surface area contributed by atoms with Crippen LogP contribution in [-0.2, 0) is 0 Å². The Morgan fingerprint density at radius 1 is 2.00 bits per heavy atom. The van der Waals surface area contributed by atoms with E-state index in [2.05, 4.69) is 23.1 Å². The molecule has 3 nitrogen and oxygen atoms in total. The molecule has 4 heteroatoms.